The first-order valence-electron chi connectivity index (χ1n) is 7.70. The fourth-order valence-electron chi connectivity index (χ4n) is 3.14. The van der Waals surface area contributed by atoms with Crippen LogP contribution in [0.1, 0.15) is 29.6 Å². The molecule has 2 atom stereocenters. The Balaban J connectivity index is 1.78. The Morgan fingerprint density at radius 3 is 2.64 bits per heavy atom. The summed E-state index contributed by atoms with van der Waals surface area (Å²) in [5.41, 5.74) is 7.93. The van der Waals surface area contributed by atoms with Crippen molar-refractivity contribution in [1.29, 1.82) is 0 Å². The molecule has 2 heterocycles. The van der Waals surface area contributed by atoms with E-state index in [9.17, 15) is 0 Å². The fraction of sp³-hybridized carbons (Fsp3) is 0.176. The lowest BCUT2D eigenvalue weighted by atomic mass is 9.93. The van der Waals surface area contributed by atoms with E-state index >= 15 is 0 Å². The maximum Gasteiger partial charge on any atom is 0.241 e. The van der Waals surface area contributed by atoms with Gasteiger partial charge in [-0.25, -0.2) is 4.68 Å². The highest BCUT2D eigenvalue weighted by atomic mass is 79.9. The second-order valence-electron chi connectivity index (χ2n) is 5.90. The first-order chi connectivity index (χ1) is 12.0. The van der Waals surface area contributed by atoms with Gasteiger partial charge in [-0.05, 0) is 41.8 Å². The van der Waals surface area contributed by atoms with E-state index in [4.69, 9.17) is 28.9 Å². The quantitative estimate of drug-likeness (QED) is 0.585. The third-order valence-electron chi connectivity index (χ3n) is 4.30. The number of rotatable bonds is 2. The monoisotopic (exact) mass is 437 g/mol. The van der Waals surface area contributed by atoms with Crippen molar-refractivity contribution in [3.63, 3.8) is 0 Å². The number of nitrogens with two attached hydrogens (primary N) is 1. The normalized spacial score (nSPS) is 19.3. The van der Waals surface area contributed by atoms with E-state index in [2.05, 4.69) is 43.5 Å². The van der Waals surface area contributed by atoms with E-state index in [1.165, 1.54) is 0 Å². The van der Waals surface area contributed by atoms with Crippen LogP contribution in [0.4, 0.5) is 11.9 Å². The molecule has 8 heteroatoms. The van der Waals surface area contributed by atoms with E-state index in [0.29, 0.717) is 16.0 Å². The molecule has 0 saturated heterocycles. The Morgan fingerprint density at radius 2 is 1.92 bits per heavy atom. The Kier molecular flexibility index (Phi) is 4.35. The summed E-state index contributed by atoms with van der Waals surface area (Å²) in [5.74, 6) is 0.863. The molecule has 0 radical (unpaired) electrons. The minimum Gasteiger partial charge on any atom is -0.366 e. The predicted molar refractivity (Wildman–Crippen MR) is 104 cm³/mol. The van der Waals surface area contributed by atoms with Gasteiger partial charge in [-0.3, -0.25) is 0 Å². The van der Waals surface area contributed by atoms with Crippen LogP contribution < -0.4 is 11.1 Å². The number of hydrogen-bond acceptors (Lipinski definition) is 4. The van der Waals surface area contributed by atoms with Crippen molar-refractivity contribution in [2.24, 2.45) is 0 Å². The third-order valence-corrected chi connectivity index (χ3v) is 5.39. The van der Waals surface area contributed by atoms with Crippen LogP contribution in [0.5, 0.6) is 0 Å². The molecule has 128 valence electrons. The van der Waals surface area contributed by atoms with E-state index in [1.54, 1.807) is 10.7 Å². The first kappa shape index (κ1) is 16.7. The fourth-order valence-corrected chi connectivity index (χ4v) is 3.94. The Labute approximate surface area is 163 Å². The lowest BCUT2D eigenvalue weighted by Gasteiger charge is -2.32. The van der Waals surface area contributed by atoms with Gasteiger partial charge in [0.1, 0.15) is 0 Å². The molecular formula is C17H14BrCl2N5. The topological polar surface area (TPSA) is 68.8 Å². The molecule has 1 aromatic heterocycles. The number of benzene rings is 2. The van der Waals surface area contributed by atoms with Crippen LogP contribution in [-0.2, 0) is 0 Å². The molecule has 0 saturated carbocycles. The van der Waals surface area contributed by atoms with E-state index < -0.39 is 0 Å². The van der Waals surface area contributed by atoms with Crippen LogP contribution in [0.25, 0.3) is 0 Å². The number of nitrogens with zero attached hydrogens (tertiary/aromatic N) is 3. The largest absolute Gasteiger partial charge is 0.366 e. The van der Waals surface area contributed by atoms with Gasteiger partial charge < -0.3 is 11.1 Å². The summed E-state index contributed by atoms with van der Waals surface area (Å²) in [6.45, 7) is 0. The van der Waals surface area contributed by atoms with Crippen molar-refractivity contribution < 1.29 is 0 Å². The number of halogens is 3. The van der Waals surface area contributed by atoms with E-state index in [1.807, 2.05) is 24.3 Å². The van der Waals surface area contributed by atoms with Gasteiger partial charge in [0.25, 0.3) is 0 Å². The molecule has 0 bridgehead atoms. The highest BCUT2D eigenvalue weighted by Gasteiger charge is 2.32. The first-order valence-corrected chi connectivity index (χ1v) is 9.25. The lowest BCUT2D eigenvalue weighted by Crippen LogP contribution is -2.28. The van der Waals surface area contributed by atoms with Crippen molar-refractivity contribution in [2.75, 3.05) is 11.1 Å². The number of fused-ring (bicyclic) bond motifs is 1. The molecule has 25 heavy (non-hydrogen) atoms. The van der Waals surface area contributed by atoms with E-state index in [-0.39, 0.29) is 18.0 Å². The van der Waals surface area contributed by atoms with Crippen LogP contribution in [0.3, 0.4) is 0 Å². The van der Waals surface area contributed by atoms with Crippen molar-refractivity contribution >= 4 is 51.0 Å². The smallest absolute Gasteiger partial charge is 0.241 e. The number of nitrogens with one attached hydrogen (secondary N) is 1. The second kappa shape index (κ2) is 6.52. The summed E-state index contributed by atoms with van der Waals surface area (Å²) < 4.78 is 2.83. The Morgan fingerprint density at radius 1 is 1.16 bits per heavy atom. The molecule has 1 aliphatic rings. The van der Waals surface area contributed by atoms with Gasteiger partial charge in [-0.1, -0.05) is 57.3 Å². The summed E-state index contributed by atoms with van der Waals surface area (Å²) in [6.07, 6.45) is 0.763. The van der Waals surface area contributed by atoms with Gasteiger partial charge in [-0.2, -0.15) is 4.98 Å². The van der Waals surface area contributed by atoms with Gasteiger partial charge in [0, 0.05) is 14.5 Å². The molecule has 4 rings (SSSR count). The van der Waals surface area contributed by atoms with Crippen molar-refractivity contribution in [2.45, 2.75) is 18.5 Å². The summed E-state index contributed by atoms with van der Waals surface area (Å²) in [7, 11) is 0. The van der Waals surface area contributed by atoms with Crippen LogP contribution >= 0.6 is 39.1 Å². The molecule has 0 aliphatic carbocycles. The SMILES string of the molecule is Nc1nc2n(n1)[C@H](c1ccc(Cl)cc1Cl)C[C@H](c1ccc(Br)cc1)N2. The van der Waals surface area contributed by atoms with Crippen molar-refractivity contribution in [3.8, 4) is 0 Å². The molecule has 3 aromatic rings. The number of hydrogen-bond donors (Lipinski definition) is 2. The summed E-state index contributed by atoms with van der Waals surface area (Å²) in [6, 6.07) is 13.7. The van der Waals surface area contributed by atoms with Crippen LogP contribution in [0.15, 0.2) is 46.9 Å². The third kappa shape index (κ3) is 3.21. The number of aromatic nitrogens is 3. The molecule has 0 amide bonds. The molecule has 2 aromatic carbocycles. The summed E-state index contributed by atoms with van der Waals surface area (Å²) in [5, 5.41) is 8.95. The van der Waals surface area contributed by atoms with Crippen LogP contribution in [0.2, 0.25) is 10.0 Å². The van der Waals surface area contributed by atoms with Gasteiger partial charge >= 0.3 is 0 Å². The maximum atomic E-state index is 6.45. The average Bonchev–Trinajstić information content (AvgIpc) is 2.95. The molecule has 5 nitrogen and oxygen atoms in total. The Bertz CT molecular complexity index is 925. The Hall–Kier alpha value is -1.76. The van der Waals surface area contributed by atoms with E-state index in [0.717, 1.165) is 22.0 Å². The number of anilines is 2. The van der Waals surface area contributed by atoms with Gasteiger partial charge in [-0.15, -0.1) is 5.10 Å². The van der Waals surface area contributed by atoms with Gasteiger partial charge in [0.05, 0.1) is 12.1 Å². The zero-order chi connectivity index (χ0) is 17.6. The average molecular weight is 439 g/mol. The maximum absolute atomic E-state index is 6.45. The second-order valence-corrected chi connectivity index (χ2v) is 7.66. The highest BCUT2D eigenvalue weighted by molar-refractivity contribution is 9.10. The zero-order valence-electron chi connectivity index (χ0n) is 13.0. The molecule has 0 fully saturated rings. The van der Waals surface area contributed by atoms with Gasteiger partial charge in [0.2, 0.25) is 11.9 Å². The van der Waals surface area contributed by atoms with Crippen LogP contribution in [0, 0.1) is 0 Å². The van der Waals surface area contributed by atoms with Crippen molar-refractivity contribution in [3.05, 3.63) is 68.1 Å². The minimum absolute atomic E-state index is 0.0703. The molecule has 1 aliphatic heterocycles. The van der Waals surface area contributed by atoms with Gasteiger partial charge in [0.15, 0.2) is 0 Å². The minimum atomic E-state index is -0.0838. The number of nitrogen functional groups attached to an aromatic ring is 1. The lowest BCUT2D eigenvalue weighted by molar-refractivity contribution is 0.431. The molecule has 0 spiro atoms. The standard InChI is InChI=1S/C17H14BrCl2N5/c18-10-3-1-9(2-4-10)14-8-15(12-6-5-11(19)7-13(12)20)25-17(22-14)23-16(21)24-25/h1-7,14-15H,8H2,(H3,21,22,23,24)/t14-,15+/m1/s1. The summed E-state index contributed by atoms with van der Waals surface area (Å²) in [4.78, 5) is 4.31. The zero-order valence-corrected chi connectivity index (χ0v) is 16.1. The summed E-state index contributed by atoms with van der Waals surface area (Å²) >= 11 is 16.0. The molecule has 3 N–H and O–H groups in total. The molecular weight excluding hydrogens is 425 g/mol. The van der Waals surface area contributed by atoms with Crippen LogP contribution in [-0.4, -0.2) is 14.8 Å². The predicted octanol–water partition coefficient (Wildman–Crippen LogP) is 5.08. The highest BCUT2D eigenvalue weighted by Crippen LogP contribution is 2.40. The van der Waals surface area contributed by atoms with Crippen molar-refractivity contribution in [1.82, 2.24) is 14.8 Å². The molecule has 0 unspecified atom stereocenters.